The molecule has 0 bridgehead atoms. The number of nitrogens with one attached hydrogen (secondary N) is 3. The van der Waals surface area contributed by atoms with Gasteiger partial charge >= 0.3 is 12.0 Å². The Balaban J connectivity index is 2.24. The van der Waals surface area contributed by atoms with Gasteiger partial charge in [-0.25, -0.2) is 4.79 Å². The number of carboxylic acid groups (broad SMARTS) is 1. The third-order valence-corrected chi connectivity index (χ3v) is 2.72. The fourth-order valence-corrected chi connectivity index (χ4v) is 1.76. The maximum Gasteiger partial charge on any atom is 0.315 e. The number of carbonyl (C=O) groups excluding carboxylic acids is 2. The zero-order valence-corrected chi connectivity index (χ0v) is 10.4. The summed E-state index contributed by atoms with van der Waals surface area (Å²) in [5.41, 5.74) is 0. The number of hydrogen-bond donors (Lipinski definition) is 4. The second-order valence-corrected chi connectivity index (χ2v) is 4.54. The van der Waals surface area contributed by atoms with Crippen molar-refractivity contribution in [1.29, 1.82) is 0 Å². The Hall–Kier alpha value is -1.79. The second kappa shape index (κ2) is 6.83. The lowest BCUT2D eigenvalue weighted by Crippen LogP contribution is -2.53. The molecule has 0 aromatic carbocycles. The van der Waals surface area contributed by atoms with Gasteiger partial charge in [-0.15, -0.1) is 0 Å². The van der Waals surface area contributed by atoms with Crippen LogP contribution in [0.15, 0.2) is 0 Å². The average Bonchev–Trinajstić information content (AvgIpc) is 2.29. The number of amides is 3. The minimum Gasteiger partial charge on any atom is -0.481 e. The highest BCUT2D eigenvalue weighted by atomic mass is 16.4. The van der Waals surface area contributed by atoms with Crippen LogP contribution in [-0.2, 0) is 9.59 Å². The monoisotopic (exact) mass is 257 g/mol. The fraction of sp³-hybridized carbons (Fsp3) is 0.727. The van der Waals surface area contributed by atoms with Crippen molar-refractivity contribution in [3.05, 3.63) is 0 Å². The average molecular weight is 257 g/mol. The van der Waals surface area contributed by atoms with E-state index in [2.05, 4.69) is 16.0 Å². The lowest BCUT2D eigenvalue weighted by Gasteiger charge is -2.23. The molecule has 0 aliphatic carbocycles. The summed E-state index contributed by atoms with van der Waals surface area (Å²) < 4.78 is 0. The standard InChI is InChI=1S/C11H19N3O4/c1-7(5-9(15)16)6-13-11(18)14-8-3-2-4-12-10(8)17/h7-8H,2-6H2,1H3,(H,12,17)(H,15,16)(H2,13,14,18). The number of carbonyl (C=O) groups is 3. The molecule has 4 N–H and O–H groups in total. The number of hydrogen-bond acceptors (Lipinski definition) is 3. The summed E-state index contributed by atoms with van der Waals surface area (Å²) in [4.78, 5) is 33.3. The van der Waals surface area contributed by atoms with Gasteiger partial charge in [-0.3, -0.25) is 9.59 Å². The lowest BCUT2D eigenvalue weighted by atomic mass is 10.1. The molecule has 1 rings (SSSR count). The van der Waals surface area contributed by atoms with Crippen molar-refractivity contribution >= 4 is 17.9 Å². The van der Waals surface area contributed by atoms with Gasteiger partial charge in [-0.05, 0) is 18.8 Å². The third kappa shape index (κ3) is 5.03. The van der Waals surface area contributed by atoms with Gasteiger partial charge in [0.25, 0.3) is 0 Å². The van der Waals surface area contributed by atoms with Crippen molar-refractivity contribution in [1.82, 2.24) is 16.0 Å². The smallest absolute Gasteiger partial charge is 0.315 e. The van der Waals surface area contributed by atoms with E-state index in [1.54, 1.807) is 6.92 Å². The predicted octanol–water partition coefficient (Wildman–Crippen LogP) is -0.325. The van der Waals surface area contributed by atoms with E-state index in [1.165, 1.54) is 0 Å². The normalized spacial score (nSPS) is 20.7. The van der Waals surface area contributed by atoms with Gasteiger partial charge in [0.1, 0.15) is 6.04 Å². The first-order valence-electron chi connectivity index (χ1n) is 6.03. The van der Waals surface area contributed by atoms with Gasteiger partial charge in [-0.1, -0.05) is 6.92 Å². The van der Waals surface area contributed by atoms with Crippen LogP contribution in [0.3, 0.4) is 0 Å². The molecule has 7 heteroatoms. The molecular weight excluding hydrogens is 238 g/mol. The van der Waals surface area contributed by atoms with Gasteiger partial charge in [0.2, 0.25) is 5.91 Å². The van der Waals surface area contributed by atoms with Crippen LogP contribution in [-0.4, -0.2) is 42.1 Å². The molecule has 2 atom stereocenters. The molecule has 1 aliphatic rings. The quantitative estimate of drug-likeness (QED) is 0.541. The molecule has 3 amide bonds. The number of urea groups is 1. The topological polar surface area (TPSA) is 108 Å². The van der Waals surface area contributed by atoms with Crippen molar-refractivity contribution in [2.75, 3.05) is 13.1 Å². The van der Waals surface area contributed by atoms with Crippen molar-refractivity contribution in [2.45, 2.75) is 32.2 Å². The fourth-order valence-electron chi connectivity index (χ4n) is 1.76. The van der Waals surface area contributed by atoms with Gasteiger partial charge in [-0.2, -0.15) is 0 Å². The first-order chi connectivity index (χ1) is 8.49. The van der Waals surface area contributed by atoms with E-state index < -0.39 is 18.0 Å². The van der Waals surface area contributed by atoms with Crippen molar-refractivity contribution < 1.29 is 19.5 Å². The van der Waals surface area contributed by atoms with Gasteiger partial charge < -0.3 is 21.1 Å². The van der Waals surface area contributed by atoms with E-state index in [1.807, 2.05) is 0 Å². The zero-order chi connectivity index (χ0) is 13.5. The van der Waals surface area contributed by atoms with Crippen molar-refractivity contribution in [2.24, 2.45) is 5.92 Å². The summed E-state index contributed by atoms with van der Waals surface area (Å²) >= 11 is 0. The molecule has 1 heterocycles. The summed E-state index contributed by atoms with van der Waals surface area (Å²) in [5.74, 6) is -1.21. The molecule has 0 spiro atoms. The maximum absolute atomic E-state index is 11.5. The van der Waals surface area contributed by atoms with Crippen LogP contribution < -0.4 is 16.0 Å². The van der Waals surface area contributed by atoms with Gasteiger partial charge in [0.15, 0.2) is 0 Å². The molecule has 0 radical (unpaired) electrons. The van der Waals surface area contributed by atoms with Crippen LogP contribution in [0, 0.1) is 5.92 Å². The second-order valence-electron chi connectivity index (χ2n) is 4.54. The largest absolute Gasteiger partial charge is 0.481 e. The van der Waals surface area contributed by atoms with E-state index in [4.69, 9.17) is 5.11 Å². The summed E-state index contributed by atoms with van der Waals surface area (Å²) in [6.45, 7) is 2.66. The van der Waals surface area contributed by atoms with Gasteiger partial charge in [0.05, 0.1) is 0 Å². The molecule has 1 saturated heterocycles. The first kappa shape index (κ1) is 14.3. The Morgan fingerprint density at radius 2 is 2.28 bits per heavy atom. The molecule has 1 aliphatic heterocycles. The van der Waals surface area contributed by atoms with Gasteiger partial charge in [0, 0.05) is 19.5 Å². The van der Waals surface area contributed by atoms with Crippen molar-refractivity contribution in [3.8, 4) is 0 Å². The first-order valence-corrected chi connectivity index (χ1v) is 6.03. The minimum atomic E-state index is -0.892. The Morgan fingerprint density at radius 3 is 2.89 bits per heavy atom. The molecule has 18 heavy (non-hydrogen) atoms. The maximum atomic E-state index is 11.5. The van der Waals surface area contributed by atoms with E-state index in [9.17, 15) is 14.4 Å². The molecular formula is C11H19N3O4. The number of carboxylic acids is 1. The van der Waals surface area contributed by atoms with Crippen LogP contribution in [0.4, 0.5) is 4.79 Å². The van der Waals surface area contributed by atoms with Crippen LogP contribution in [0.2, 0.25) is 0 Å². The number of rotatable bonds is 5. The summed E-state index contributed by atoms with van der Waals surface area (Å²) in [5, 5.41) is 16.4. The molecule has 2 unspecified atom stereocenters. The molecule has 102 valence electrons. The van der Waals surface area contributed by atoms with Crippen molar-refractivity contribution in [3.63, 3.8) is 0 Å². The highest BCUT2D eigenvalue weighted by Gasteiger charge is 2.23. The van der Waals surface area contributed by atoms with E-state index in [0.717, 1.165) is 6.42 Å². The third-order valence-electron chi connectivity index (χ3n) is 2.72. The summed E-state index contributed by atoms with van der Waals surface area (Å²) in [7, 11) is 0. The highest BCUT2D eigenvalue weighted by molar-refractivity contribution is 5.87. The summed E-state index contributed by atoms with van der Waals surface area (Å²) in [6, 6.07) is -0.928. The number of piperidine rings is 1. The zero-order valence-electron chi connectivity index (χ0n) is 10.4. The van der Waals surface area contributed by atoms with Crippen LogP contribution >= 0.6 is 0 Å². The molecule has 0 aromatic rings. The minimum absolute atomic E-state index is 0.00416. The lowest BCUT2D eigenvalue weighted by molar-refractivity contribution is -0.137. The number of aliphatic carboxylic acids is 1. The van der Waals surface area contributed by atoms with E-state index >= 15 is 0 Å². The molecule has 0 saturated carbocycles. The molecule has 0 aromatic heterocycles. The Kier molecular flexibility index (Phi) is 5.41. The molecule has 7 nitrogen and oxygen atoms in total. The Labute approximate surface area is 105 Å². The van der Waals surface area contributed by atoms with E-state index in [-0.39, 0.29) is 24.8 Å². The van der Waals surface area contributed by atoms with Crippen LogP contribution in [0.1, 0.15) is 26.2 Å². The Morgan fingerprint density at radius 1 is 1.56 bits per heavy atom. The predicted molar refractivity (Wildman–Crippen MR) is 64.0 cm³/mol. The van der Waals surface area contributed by atoms with Crippen LogP contribution in [0.25, 0.3) is 0 Å². The Bertz CT molecular complexity index is 332. The molecule has 1 fully saturated rings. The van der Waals surface area contributed by atoms with E-state index in [0.29, 0.717) is 13.0 Å². The van der Waals surface area contributed by atoms with Crippen LogP contribution in [0.5, 0.6) is 0 Å². The SMILES string of the molecule is CC(CNC(=O)NC1CCCNC1=O)CC(=O)O. The highest BCUT2D eigenvalue weighted by Crippen LogP contribution is 2.03. The summed E-state index contributed by atoms with van der Waals surface area (Å²) in [6.07, 6.45) is 1.47.